The van der Waals surface area contributed by atoms with Gasteiger partial charge < -0.3 is 15.0 Å². The van der Waals surface area contributed by atoms with Crippen LogP contribution >= 0.6 is 23.2 Å². The normalized spacial score (nSPS) is 12.4. The molecule has 2 amide bonds. The van der Waals surface area contributed by atoms with Gasteiger partial charge >= 0.3 is 0 Å². The number of anilines is 1. The van der Waals surface area contributed by atoms with Crippen LogP contribution < -0.4 is 14.4 Å². The Labute approximate surface area is 252 Å². The number of sulfonamides is 1. The highest BCUT2D eigenvalue weighted by Gasteiger charge is 2.34. The summed E-state index contributed by atoms with van der Waals surface area (Å²) in [5.41, 5.74) is 1.05. The van der Waals surface area contributed by atoms with Crippen molar-refractivity contribution in [1.29, 1.82) is 0 Å². The van der Waals surface area contributed by atoms with E-state index in [0.29, 0.717) is 16.3 Å². The molecule has 1 atom stereocenters. The number of methoxy groups -OCH3 is 1. The molecule has 3 aromatic carbocycles. The van der Waals surface area contributed by atoms with E-state index in [0.717, 1.165) is 16.1 Å². The lowest BCUT2D eigenvalue weighted by Crippen LogP contribution is -2.56. The summed E-state index contributed by atoms with van der Waals surface area (Å²) < 4.78 is 32.0. The van der Waals surface area contributed by atoms with Crippen LogP contribution in [0.2, 0.25) is 10.0 Å². The fraction of sp³-hybridized carbons (Fsp3) is 0.333. The monoisotopic (exact) mass is 619 g/mol. The number of rotatable bonds is 11. The van der Waals surface area contributed by atoms with Crippen LogP contribution in [0.4, 0.5) is 5.69 Å². The summed E-state index contributed by atoms with van der Waals surface area (Å²) in [5.74, 6) is -0.607. The highest BCUT2D eigenvalue weighted by molar-refractivity contribution is 7.92. The second kappa shape index (κ2) is 13.6. The van der Waals surface area contributed by atoms with Gasteiger partial charge in [-0.3, -0.25) is 13.9 Å². The van der Waals surface area contributed by atoms with Crippen molar-refractivity contribution in [3.05, 3.63) is 94.0 Å². The maximum Gasteiger partial charge on any atom is 0.244 e. The van der Waals surface area contributed by atoms with Crippen molar-refractivity contribution in [2.75, 3.05) is 24.2 Å². The number of carbonyl (C=O) groups excluding carboxylic acids is 2. The van der Waals surface area contributed by atoms with Crippen LogP contribution in [0.3, 0.4) is 0 Å². The van der Waals surface area contributed by atoms with Crippen molar-refractivity contribution in [2.45, 2.75) is 45.3 Å². The molecule has 0 saturated carbocycles. The molecule has 0 aromatic heterocycles. The number of hydrogen-bond donors (Lipinski definition) is 1. The smallest absolute Gasteiger partial charge is 0.244 e. The van der Waals surface area contributed by atoms with Crippen LogP contribution in [0.1, 0.15) is 31.9 Å². The van der Waals surface area contributed by atoms with Crippen molar-refractivity contribution in [1.82, 2.24) is 10.2 Å². The van der Waals surface area contributed by atoms with E-state index in [2.05, 4.69) is 5.32 Å². The lowest BCUT2D eigenvalue weighted by molar-refractivity contribution is -0.140. The first-order valence-corrected chi connectivity index (χ1v) is 15.5. The number of nitrogens with zero attached hydrogens (tertiary/aromatic N) is 2. The van der Waals surface area contributed by atoms with Gasteiger partial charge in [0.1, 0.15) is 18.3 Å². The number of ether oxygens (including phenoxy) is 1. The highest BCUT2D eigenvalue weighted by Crippen LogP contribution is 2.30. The maximum absolute atomic E-state index is 14.1. The van der Waals surface area contributed by atoms with E-state index in [9.17, 15) is 18.0 Å². The molecule has 3 aromatic rings. The summed E-state index contributed by atoms with van der Waals surface area (Å²) in [6.07, 6.45) is 1.21. The number of nitrogens with one attached hydrogen (secondary N) is 1. The molecule has 0 fully saturated rings. The van der Waals surface area contributed by atoms with E-state index in [-0.39, 0.29) is 29.6 Å². The molecular formula is C30H35Cl2N3O5S. The Balaban J connectivity index is 2.09. The number of carbonyl (C=O) groups is 2. The van der Waals surface area contributed by atoms with Crippen LogP contribution in [-0.4, -0.2) is 56.6 Å². The van der Waals surface area contributed by atoms with Gasteiger partial charge in [-0.2, -0.15) is 0 Å². The van der Waals surface area contributed by atoms with Gasteiger partial charge in [0.05, 0.1) is 24.1 Å². The summed E-state index contributed by atoms with van der Waals surface area (Å²) in [6, 6.07) is 19.8. The second-order valence-electron chi connectivity index (χ2n) is 10.6. The van der Waals surface area contributed by atoms with E-state index < -0.39 is 34.1 Å². The molecule has 0 aliphatic carbocycles. The molecule has 0 heterocycles. The summed E-state index contributed by atoms with van der Waals surface area (Å²) in [6.45, 7) is 4.96. The van der Waals surface area contributed by atoms with E-state index >= 15 is 0 Å². The third-order valence-electron chi connectivity index (χ3n) is 6.17. The molecular weight excluding hydrogens is 585 g/mol. The molecule has 0 aliphatic heterocycles. The van der Waals surface area contributed by atoms with E-state index in [4.69, 9.17) is 27.9 Å². The van der Waals surface area contributed by atoms with E-state index in [1.54, 1.807) is 24.3 Å². The summed E-state index contributed by atoms with van der Waals surface area (Å²) in [7, 11) is -2.49. The highest BCUT2D eigenvalue weighted by atomic mass is 35.5. The predicted molar refractivity (Wildman–Crippen MR) is 164 cm³/mol. The Kier molecular flexibility index (Phi) is 10.7. The first kappa shape index (κ1) is 32.2. The molecule has 0 spiro atoms. The first-order chi connectivity index (χ1) is 19.2. The van der Waals surface area contributed by atoms with E-state index in [1.165, 1.54) is 30.2 Å². The zero-order chi connectivity index (χ0) is 30.4. The van der Waals surface area contributed by atoms with Crippen LogP contribution in [0, 0.1) is 0 Å². The second-order valence-corrected chi connectivity index (χ2v) is 13.4. The van der Waals surface area contributed by atoms with Gasteiger partial charge in [-0.15, -0.1) is 0 Å². The Morgan fingerprint density at radius 1 is 0.951 bits per heavy atom. The molecule has 8 nitrogen and oxygen atoms in total. The zero-order valence-electron chi connectivity index (χ0n) is 23.7. The minimum atomic E-state index is -3.94. The number of amides is 2. The van der Waals surface area contributed by atoms with Crippen molar-refractivity contribution >= 4 is 50.7 Å². The minimum absolute atomic E-state index is 0.0193. The molecule has 0 unspecified atom stereocenters. The number of hydrogen-bond acceptors (Lipinski definition) is 5. The summed E-state index contributed by atoms with van der Waals surface area (Å²) in [4.78, 5) is 29.3. The minimum Gasteiger partial charge on any atom is -0.495 e. The Bertz CT molecular complexity index is 1480. The van der Waals surface area contributed by atoms with Crippen LogP contribution in [0.25, 0.3) is 0 Å². The molecule has 220 valence electrons. The molecule has 3 rings (SSSR count). The quantitative estimate of drug-likeness (QED) is 0.313. The van der Waals surface area contributed by atoms with Gasteiger partial charge in [0.25, 0.3) is 0 Å². The predicted octanol–water partition coefficient (Wildman–Crippen LogP) is 5.32. The lowest BCUT2D eigenvalue weighted by Gasteiger charge is -2.35. The number of benzene rings is 3. The van der Waals surface area contributed by atoms with Crippen LogP contribution in [-0.2, 0) is 32.6 Å². The van der Waals surface area contributed by atoms with Crippen LogP contribution in [0.15, 0.2) is 72.8 Å². The van der Waals surface area contributed by atoms with Gasteiger partial charge in [0.2, 0.25) is 21.8 Å². The van der Waals surface area contributed by atoms with Crippen molar-refractivity contribution in [2.24, 2.45) is 0 Å². The lowest BCUT2D eigenvalue weighted by atomic mass is 10.0. The van der Waals surface area contributed by atoms with Crippen molar-refractivity contribution < 1.29 is 22.7 Å². The Hall–Kier alpha value is -3.27. The van der Waals surface area contributed by atoms with Crippen molar-refractivity contribution in [3.8, 4) is 5.75 Å². The zero-order valence-corrected chi connectivity index (χ0v) is 26.1. The van der Waals surface area contributed by atoms with Gasteiger partial charge in [0.15, 0.2) is 0 Å². The van der Waals surface area contributed by atoms with Gasteiger partial charge in [-0.25, -0.2) is 8.42 Å². The van der Waals surface area contributed by atoms with Crippen molar-refractivity contribution in [3.63, 3.8) is 0 Å². The average molecular weight is 621 g/mol. The number of halogens is 2. The first-order valence-electron chi connectivity index (χ1n) is 12.9. The molecule has 0 bridgehead atoms. The summed E-state index contributed by atoms with van der Waals surface area (Å²) in [5, 5.41) is 3.59. The standard InChI is InChI=1S/C30H35Cl2N3O5S/c1-30(2,3)33-29(37)26(17-21-11-7-6-8-12-21)34(19-22-13-9-10-14-24(22)31)28(36)20-35(41(5,38)39)23-15-16-27(40-4)25(32)18-23/h6-16,18,26H,17,19-20H2,1-5H3,(H,33,37)/t26-/m1/s1. The Morgan fingerprint density at radius 3 is 2.15 bits per heavy atom. The maximum atomic E-state index is 14.1. The van der Waals surface area contributed by atoms with Gasteiger partial charge in [-0.05, 0) is 56.2 Å². The molecule has 0 saturated heterocycles. The van der Waals surface area contributed by atoms with Gasteiger partial charge in [0, 0.05) is 23.5 Å². The largest absolute Gasteiger partial charge is 0.495 e. The molecule has 41 heavy (non-hydrogen) atoms. The summed E-state index contributed by atoms with van der Waals surface area (Å²) >= 11 is 12.8. The van der Waals surface area contributed by atoms with Crippen LogP contribution in [0.5, 0.6) is 5.75 Å². The molecule has 0 aliphatic rings. The molecule has 1 N–H and O–H groups in total. The third kappa shape index (κ3) is 9.11. The van der Waals surface area contributed by atoms with E-state index in [1.807, 2.05) is 51.1 Å². The molecule has 11 heteroatoms. The topological polar surface area (TPSA) is 96.0 Å². The van der Waals surface area contributed by atoms with Gasteiger partial charge in [-0.1, -0.05) is 71.7 Å². The average Bonchev–Trinajstić information content (AvgIpc) is 2.89. The fourth-order valence-corrected chi connectivity index (χ4v) is 5.53. The SMILES string of the molecule is COc1ccc(N(CC(=O)N(Cc2ccccc2Cl)[C@H](Cc2ccccc2)C(=O)NC(C)(C)C)S(C)(=O)=O)cc1Cl. The Morgan fingerprint density at radius 2 is 1.59 bits per heavy atom. The third-order valence-corrected chi connectivity index (χ3v) is 7.98. The fourth-order valence-electron chi connectivity index (χ4n) is 4.24. The molecule has 0 radical (unpaired) electrons.